The highest BCUT2D eigenvalue weighted by Gasteiger charge is 2.31. The summed E-state index contributed by atoms with van der Waals surface area (Å²) in [4.78, 5) is 26.3. The van der Waals surface area contributed by atoms with E-state index in [1.165, 1.54) is 6.08 Å². The number of carbonyl (C=O) groups is 2. The van der Waals surface area contributed by atoms with Crippen molar-refractivity contribution in [3.63, 3.8) is 0 Å². The van der Waals surface area contributed by atoms with E-state index in [0.29, 0.717) is 23.8 Å². The highest BCUT2D eigenvalue weighted by molar-refractivity contribution is 5.98. The second kappa shape index (κ2) is 9.14. The van der Waals surface area contributed by atoms with E-state index in [0.717, 1.165) is 11.3 Å². The van der Waals surface area contributed by atoms with Gasteiger partial charge in [0, 0.05) is 30.8 Å². The molecule has 1 aliphatic rings. The lowest BCUT2D eigenvalue weighted by Crippen LogP contribution is -2.36. The minimum Gasteiger partial charge on any atom is -0.497 e. The highest BCUT2D eigenvalue weighted by Crippen LogP contribution is 2.28. The van der Waals surface area contributed by atoms with Gasteiger partial charge in [0.15, 0.2) is 11.5 Å². The van der Waals surface area contributed by atoms with Crippen molar-refractivity contribution < 1.29 is 23.8 Å². The lowest BCUT2D eigenvalue weighted by Gasteiger charge is -2.17. The number of benzene rings is 2. The number of hydrogen-bond donors (Lipinski definition) is 1. The highest BCUT2D eigenvalue weighted by atomic mass is 16.5. The second-order valence-corrected chi connectivity index (χ2v) is 6.56. The van der Waals surface area contributed by atoms with E-state index in [1.807, 2.05) is 24.3 Å². The van der Waals surface area contributed by atoms with E-state index in [9.17, 15) is 9.59 Å². The minimum absolute atomic E-state index is 0.0348. The molecule has 0 unspecified atom stereocenters. The van der Waals surface area contributed by atoms with Crippen LogP contribution in [0.4, 0.5) is 5.69 Å². The fourth-order valence-electron chi connectivity index (χ4n) is 3.21. The Labute approximate surface area is 169 Å². The van der Waals surface area contributed by atoms with Crippen LogP contribution in [0.1, 0.15) is 12.0 Å². The van der Waals surface area contributed by atoms with Crippen LogP contribution in [-0.2, 0) is 9.59 Å². The Bertz CT molecular complexity index is 925. The van der Waals surface area contributed by atoms with Crippen LogP contribution in [0.5, 0.6) is 17.2 Å². The molecule has 7 heteroatoms. The van der Waals surface area contributed by atoms with Crippen LogP contribution in [0, 0.1) is 0 Å². The summed E-state index contributed by atoms with van der Waals surface area (Å²) in [7, 11) is 4.71. The van der Waals surface area contributed by atoms with Gasteiger partial charge in [0.25, 0.3) is 0 Å². The predicted molar refractivity (Wildman–Crippen MR) is 110 cm³/mol. The van der Waals surface area contributed by atoms with Crippen LogP contribution in [0.3, 0.4) is 0 Å². The SMILES string of the molecule is COc1cccc(N2C[C@H](NC(=O)/C=C\c3ccc(OC)c(OC)c3)CC2=O)c1. The van der Waals surface area contributed by atoms with Gasteiger partial charge in [-0.15, -0.1) is 0 Å². The van der Waals surface area contributed by atoms with Gasteiger partial charge in [0.1, 0.15) is 5.75 Å². The number of hydrogen-bond acceptors (Lipinski definition) is 5. The molecule has 3 rings (SSSR count). The summed E-state index contributed by atoms with van der Waals surface area (Å²) in [6, 6.07) is 12.4. The van der Waals surface area contributed by atoms with Crippen LogP contribution < -0.4 is 24.4 Å². The standard InChI is InChI=1S/C22H24N2O5/c1-27-18-6-4-5-17(13-18)24-14-16(12-22(24)26)23-21(25)10-8-15-7-9-19(28-2)20(11-15)29-3/h4-11,13,16H,12,14H2,1-3H3,(H,23,25)/b10-8-/t16-/m1/s1. The van der Waals surface area contributed by atoms with E-state index >= 15 is 0 Å². The summed E-state index contributed by atoms with van der Waals surface area (Å²) >= 11 is 0. The van der Waals surface area contributed by atoms with Gasteiger partial charge in [0.2, 0.25) is 11.8 Å². The van der Waals surface area contributed by atoms with Gasteiger partial charge in [-0.2, -0.15) is 0 Å². The number of amides is 2. The number of nitrogens with zero attached hydrogens (tertiary/aromatic N) is 1. The topological polar surface area (TPSA) is 77.1 Å². The number of rotatable bonds is 7. The largest absolute Gasteiger partial charge is 0.497 e. The third-order valence-corrected chi connectivity index (χ3v) is 4.67. The van der Waals surface area contributed by atoms with Crippen LogP contribution >= 0.6 is 0 Å². The first kappa shape index (κ1) is 20.3. The molecule has 152 valence electrons. The predicted octanol–water partition coefficient (Wildman–Crippen LogP) is 2.65. The van der Waals surface area contributed by atoms with E-state index in [2.05, 4.69) is 5.32 Å². The van der Waals surface area contributed by atoms with Crippen molar-refractivity contribution >= 4 is 23.6 Å². The Hall–Kier alpha value is -3.48. The fourth-order valence-corrected chi connectivity index (χ4v) is 3.21. The molecule has 1 fully saturated rings. The Balaban J connectivity index is 1.61. The smallest absolute Gasteiger partial charge is 0.244 e. The zero-order valence-corrected chi connectivity index (χ0v) is 16.7. The van der Waals surface area contributed by atoms with Crippen LogP contribution in [0.15, 0.2) is 48.5 Å². The monoisotopic (exact) mass is 396 g/mol. The van der Waals surface area contributed by atoms with Crippen molar-refractivity contribution in [3.05, 3.63) is 54.1 Å². The van der Waals surface area contributed by atoms with Crippen LogP contribution in [-0.4, -0.2) is 45.7 Å². The van der Waals surface area contributed by atoms with Crippen LogP contribution in [0.2, 0.25) is 0 Å². The lowest BCUT2D eigenvalue weighted by atomic mass is 10.2. The molecule has 0 aromatic heterocycles. The molecule has 2 aromatic rings. The second-order valence-electron chi connectivity index (χ2n) is 6.56. The van der Waals surface area contributed by atoms with Gasteiger partial charge in [0.05, 0.1) is 27.4 Å². The van der Waals surface area contributed by atoms with Gasteiger partial charge in [-0.25, -0.2) is 0 Å². The molecule has 1 heterocycles. The van der Waals surface area contributed by atoms with Gasteiger partial charge in [-0.05, 0) is 35.9 Å². The molecule has 7 nitrogen and oxygen atoms in total. The number of nitrogens with one attached hydrogen (secondary N) is 1. The fraction of sp³-hybridized carbons (Fsp3) is 0.273. The molecule has 1 aliphatic heterocycles. The van der Waals surface area contributed by atoms with E-state index < -0.39 is 0 Å². The number of ether oxygens (including phenoxy) is 3. The van der Waals surface area contributed by atoms with Crippen molar-refractivity contribution in [1.82, 2.24) is 5.32 Å². The zero-order valence-electron chi connectivity index (χ0n) is 16.7. The number of methoxy groups -OCH3 is 3. The van der Waals surface area contributed by atoms with Gasteiger partial charge in [-0.3, -0.25) is 9.59 Å². The first-order valence-corrected chi connectivity index (χ1v) is 9.19. The molecule has 1 N–H and O–H groups in total. The van der Waals surface area contributed by atoms with E-state index in [4.69, 9.17) is 14.2 Å². The molecule has 1 atom stereocenters. The molecule has 2 amide bonds. The first-order chi connectivity index (χ1) is 14.0. The molecular weight excluding hydrogens is 372 g/mol. The van der Waals surface area contributed by atoms with E-state index in [1.54, 1.807) is 50.5 Å². The van der Waals surface area contributed by atoms with Crippen molar-refractivity contribution in [2.75, 3.05) is 32.8 Å². The summed E-state index contributed by atoms with van der Waals surface area (Å²) in [5.41, 5.74) is 1.56. The third kappa shape index (κ3) is 4.87. The van der Waals surface area contributed by atoms with Gasteiger partial charge < -0.3 is 24.4 Å². The maximum absolute atomic E-state index is 12.4. The molecule has 29 heavy (non-hydrogen) atoms. The van der Waals surface area contributed by atoms with Crippen molar-refractivity contribution in [3.8, 4) is 17.2 Å². The molecular formula is C22H24N2O5. The van der Waals surface area contributed by atoms with Crippen LogP contribution in [0.25, 0.3) is 6.08 Å². The Morgan fingerprint density at radius 2 is 1.86 bits per heavy atom. The molecule has 2 aromatic carbocycles. The summed E-state index contributed by atoms with van der Waals surface area (Å²) in [6.07, 6.45) is 3.39. The van der Waals surface area contributed by atoms with Crippen molar-refractivity contribution in [2.24, 2.45) is 0 Å². The lowest BCUT2D eigenvalue weighted by molar-refractivity contribution is -0.117. The average Bonchev–Trinajstić information content (AvgIpc) is 3.11. The maximum Gasteiger partial charge on any atom is 0.244 e. The normalized spacial score (nSPS) is 16.2. The maximum atomic E-state index is 12.4. The molecule has 1 saturated heterocycles. The molecule has 0 bridgehead atoms. The molecule has 0 aliphatic carbocycles. The Morgan fingerprint density at radius 3 is 2.59 bits per heavy atom. The molecule has 0 saturated carbocycles. The summed E-state index contributed by atoms with van der Waals surface area (Å²) in [5, 5.41) is 2.88. The van der Waals surface area contributed by atoms with Crippen molar-refractivity contribution in [2.45, 2.75) is 12.5 Å². The quantitative estimate of drug-likeness (QED) is 0.728. The summed E-state index contributed by atoms with van der Waals surface area (Å²) < 4.78 is 15.7. The summed E-state index contributed by atoms with van der Waals surface area (Å²) in [5.74, 6) is 1.60. The Kier molecular flexibility index (Phi) is 6.39. The number of carbonyl (C=O) groups excluding carboxylic acids is 2. The average molecular weight is 396 g/mol. The van der Waals surface area contributed by atoms with Gasteiger partial charge in [-0.1, -0.05) is 12.1 Å². The number of anilines is 1. The van der Waals surface area contributed by atoms with Gasteiger partial charge >= 0.3 is 0 Å². The van der Waals surface area contributed by atoms with E-state index in [-0.39, 0.29) is 24.3 Å². The minimum atomic E-state index is -0.259. The Morgan fingerprint density at radius 1 is 1.07 bits per heavy atom. The third-order valence-electron chi connectivity index (χ3n) is 4.67. The zero-order chi connectivity index (χ0) is 20.8. The first-order valence-electron chi connectivity index (χ1n) is 9.19. The molecule has 0 radical (unpaired) electrons. The summed E-state index contributed by atoms with van der Waals surface area (Å²) in [6.45, 7) is 0.419. The van der Waals surface area contributed by atoms with Crippen molar-refractivity contribution in [1.29, 1.82) is 0 Å². The molecule has 0 spiro atoms.